The fourth-order valence-electron chi connectivity index (χ4n) is 2.83. The molecule has 0 bridgehead atoms. The van der Waals surface area contributed by atoms with E-state index >= 15 is 0 Å². The zero-order valence-electron chi connectivity index (χ0n) is 15.4. The fraction of sp³-hybridized carbons (Fsp3) is 0.438. The number of thiophene rings is 1. The van der Waals surface area contributed by atoms with Gasteiger partial charge in [-0.2, -0.15) is 0 Å². The summed E-state index contributed by atoms with van der Waals surface area (Å²) in [5, 5.41) is 18.3. The number of anilines is 1. The summed E-state index contributed by atoms with van der Waals surface area (Å²) < 4.78 is 10.6. The van der Waals surface area contributed by atoms with E-state index in [0.29, 0.717) is 30.1 Å². The number of hydrogen-bond acceptors (Lipinski definition) is 9. The number of hydrogen-bond donors (Lipinski definition) is 1. The minimum absolute atomic E-state index is 0.0457. The highest BCUT2D eigenvalue weighted by Crippen LogP contribution is 2.37. The van der Waals surface area contributed by atoms with Gasteiger partial charge in [0, 0.05) is 18.3 Å². The minimum atomic E-state index is -0.619. The van der Waals surface area contributed by atoms with Gasteiger partial charge in [-0.05, 0) is 23.7 Å². The van der Waals surface area contributed by atoms with Gasteiger partial charge in [-0.1, -0.05) is 4.68 Å². The van der Waals surface area contributed by atoms with Crippen molar-refractivity contribution < 1.29 is 33.4 Å². The first-order valence-electron chi connectivity index (χ1n) is 8.25. The molecule has 1 aliphatic heterocycles. The summed E-state index contributed by atoms with van der Waals surface area (Å²) in [5.74, 6) is -1.66. The van der Waals surface area contributed by atoms with Crippen LogP contribution in [0, 0.1) is 0 Å². The number of methoxy groups -OCH3 is 1. The Kier molecular flexibility index (Phi) is 5.89. The van der Waals surface area contributed by atoms with E-state index in [4.69, 9.17) is 4.74 Å². The Balaban J connectivity index is 1.78. The smallest absolute Gasteiger partial charge is 0.341 e. The van der Waals surface area contributed by atoms with Crippen LogP contribution in [-0.4, -0.2) is 47.4 Å². The maximum absolute atomic E-state index is 12.4. The monoisotopic (exact) mass is 426 g/mol. The lowest BCUT2D eigenvalue weighted by Crippen LogP contribution is -2.33. The number of rotatable bonds is 5. The molecule has 0 unspecified atom stereocenters. The number of nitrogens with one attached hydrogen (secondary N) is 1. The van der Waals surface area contributed by atoms with E-state index in [1.807, 2.05) is 0 Å². The van der Waals surface area contributed by atoms with Crippen LogP contribution in [-0.2, 0) is 34.3 Å². The average molecular weight is 426 g/mol. The van der Waals surface area contributed by atoms with Gasteiger partial charge in [-0.3, -0.25) is 9.59 Å². The van der Waals surface area contributed by atoms with E-state index in [1.54, 1.807) is 4.90 Å². The Morgan fingerprint density at radius 3 is 2.82 bits per heavy atom. The lowest BCUT2D eigenvalue weighted by atomic mass is 10.0. The third-order valence-corrected chi connectivity index (χ3v) is 6.44. The van der Waals surface area contributed by atoms with Crippen molar-refractivity contribution >= 4 is 45.9 Å². The van der Waals surface area contributed by atoms with Crippen LogP contribution < -0.4 is 15.1 Å². The van der Waals surface area contributed by atoms with Crippen LogP contribution in [0.5, 0.6) is 5.95 Å². The summed E-state index contributed by atoms with van der Waals surface area (Å²) in [7, 11) is 2.81. The molecule has 28 heavy (non-hydrogen) atoms. The van der Waals surface area contributed by atoms with Crippen molar-refractivity contribution in [3.8, 4) is 5.95 Å². The second-order valence-corrected chi connectivity index (χ2v) is 8.09. The molecule has 12 heteroatoms. The molecule has 0 atom stereocenters. The van der Waals surface area contributed by atoms with Crippen LogP contribution in [0.2, 0.25) is 0 Å². The first-order chi connectivity index (χ1) is 13.3. The summed E-state index contributed by atoms with van der Waals surface area (Å²) in [4.78, 5) is 38.8. The number of carbonyl (C=O) groups excluding carboxylic acids is 3. The van der Waals surface area contributed by atoms with Gasteiger partial charge in [0.15, 0.2) is 13.0 Å². The first-order valence-corrected chi connectivity index (χ1v) is 10.1. The standard InChI is InChI=1S/C16H18N4O6S2/c1-8(21)20-5-4-9-10(6-20)28-13(12(9)15(23)25-3)17-11(22)7-27-14-16(24)26-18-19(14)2/h4-7H2,1-3H3,(H-,17,18,22,23,24). The number of fused-ring (bicyclic) bond motifs is 1. The minimum Gasteiger partial charge on any atom is -0.538 e. The van der Waals surface area contributed by atoms with Crippen LogP contribution in [0.4, 0.5) is 5.00 Å². The van der Waals surface area contributed by atoms with E-state index in [2.05, 4.69) is 15.1 Å². The van der Waals surface area contributed by atoms with Gasteiger partial charge in [-0.25, -0.2) is 4.79 Å². The van der Waals surface area contributed by atoms with Gasteiger partial charge in [0.05, 0.1) is 30.2 Å². The fourth-order valence-corrected chi connectivity index (χ4v) is 4.82. The molecule has 0 saturated heterocycles. The van der Waals surface area contributed by atoms with Crippen molar-refractivity contribution in [1.82, 2.24) is 10.2 Å². The lowest BCUT2D eigenvalue weighted by Gasteiger charge is -2.25. The Hall–Kier alpha value is -2.60. The molecule has 0 saturated carbocycles. The van der Waals surface area contributed by atoms with Gasteiger partial charge in [0.2, 0.25) is 11.8 Å². The Bertz CT molecular complexity index is 918. The van der Waals surface area contributed by atoms with Gasteiger partial charge < -0.3 is 24.6 Å². The van der Waals surface area contributed by atoms with Gasteiger partial charge >= 0.3 is 5.97 Å². The van der Waals surface area contributed by atoms with Crippen LogP contribution in [0.25, 0.3) is 0 Å². The van der Waals surface area contributed by atoms with Crippen LogP contribution in [0.1, 0.15) is 27.7 Å². The maximum atomic E-state index is 12.4. The predicted octanol–water partition coefficient (Wildman–Crippen LogP) is 0.0562. The highest BCUT2D eigenvalue weighted by Gasteiger charge is 2.30. The molecule has 150 valence electrons. The summed E-state index contributed by atoms with van der Waals surface area (Å²) in [6.45, 7) is 2.39. The zero-order chi connectivity index (χ0) is 20.4. The summed E-state index contributed by atoms with van der Waals surface area (Å²) in [6.07, 6.45) is 0.510. The van der Waals surface area contributed by atoms with E-state index in [0.717, 1.165) is 22.2 Å². The molecule has 3 rings (SSSR count). The number of nitrogens with zero attached hydrogens (tertiary/aromatic N) is 3. The Labute approximate surface area is 168 Å². The largest absolute Gasteiger partial charge is 0.538 e. The average Bonchev–Trinajstić information content (AvgIpc) is 3.17. The molecular formula is C16H18N4O6S2. The van der Waals surface area contributed by atoms with Crippen molar-refractivity contribution in [2.24, 2.45) is 7.05 Å². The van der Waals surface area contributed by atoms with Crippen molar-refractivity contribution in [1.29, 1.82) is 0 Å². The molecule has 2 amide bonds. The number of amides is 2. The van der Waals surface area contributed by atoms with E-state index in [1.165, 1.54) is 37.1 Å². The second-order valence-electron chi connectivity index (χ2n) is 6.02. The molecule has 1 N–H and O–H groups in total. The third kappa shape index (κ3) is 3.97. The Morgan fingerprint density at radius 1 is 1.46 bits per heavy atom. The molecule has 3 heterocycles. The first kappa shape index (κ1) is 20.1. The summed E-state index contributed by atoms with van der Waals surface area (Å²) in [6, 6.07) is 0. The number of esters is 1. The number of ether oxygens (including phenoxy) is 1. The molecule has 0 aromatic carbocycles. The van der Waals surface area contributed by atoms with Crippen molar-refractivity contribution in [3.05, 3.63) is 16.0 Å². The lowest BCUT2D eigenvalue weighted by molar-refractivity contribution is -0.772. The molecule has 10 nitrogen and oxygen atoms in total. The van der Waals surface area contributed by atoms with E-state index < -0.39 is 17.8 Å². The number of aromatic nitrogens is 2. The van der Waals surface area contributed by atoms with Crippen molar-refractivity contribution in [2.45, 2.75) is 24.9 Å². The van der Waals surface area contributed by atoms with Crippen molar-refractivity contribution in [2.75, 3.05) is 24.7 Å². The van der Waals surface area contributed by atoms with Crippen LogP contribution >= 0.6 is 23.1 Å². The van der Waals surface area contributed by atoms with E-state index in [-0.39, 0.29) is 16.7 Å². The molecule has 2 aromatic rings. The predicted molar refractivity (Wildman–Crippen MR) is 96.9 cm³/mol. The number of thioether (sulfide) groups is 1. The molecule has 0 aliphatic carbocycles. The van der Waals surface area contributed by atoms with Crippen LogP contribution in [0.15, 0.2) is 9.55 Å². The molecule has 0 spiro atoms. The summed E-state index contributed by atoms with van der Waals surface area (Å²) >= 11 is 2.24. The number of aryl methyl sites for hydroxylation is 1. The molecule has 2 aromatic heterocycles. The Morgan fingerprint density at radius 2 is 2.21 bits per heavy atom. The van der Waals surface area contributed by atoms with E-state index in [9.17, 15) is 19.5 Å². The van der Waals surface area contributed by atoms with Gasteiger partial charge in [0.25, 0.3) is 5.03 Å². The third-order valence-electron chi connectivity index (χ3n) is 4.20. The maximum Gasteiger partial charge on any atom is 0.341 e. The SMILES string of the molecule is COC(=O)c1c(NC(=O)CSc2c([O-])on[n+]2C)sc2c1CCN(C(C)=O)C2. The van der Waals surface area contributed by atoms with Crippen molar-refractivity contribution in [3.63, 3.8) is 0 Å². The van der Waals surface area contributed by atoms with Crippen LogP contribution in [0.3, 0.4) is 0 Å². The quantitative estimate of drug-likeness (QED) is 0.404. The van der Waals surface area contributed by atoms with Gasteiger partial charge in [0.1, 0.15) is 5.00 Å². The number of carbonyl (C=O) groups is 3. The molecule has 1 aliphatic rings. The normalized spacial score (nSPS) is 13.2. The summed E-state index contributed by atoms with van der Waals surface area (Å²) in [5.41, 5.74) is 1.12. The highest BCUT2D eigenvalue weighted by molar-refractivity contribution is 7.99. The zero-order valence-corrected chi connectivity index (χ0v) is 17.1. The van der Waals surface area contributed by atoms with Gasteiger partial charge in [-0.15, -0.1) is 11.3 Å². The molecular weight excluding hydrogens is 408 g/mol. The molecule has 0 radical (unpaired) electrons. The molecule has 0 fully saturated rings. The second kappa shape index (κ2) is 8.19. The highest BCUT2D eigenvalue weighted by atomic mass is 32.2. The topological polar surface area (TPSA) is 129 Å².